The molecule has 0 aliphatic heterocycles. The summed E-state index contributed by atoms with van der Waals surface area (Å²) in [5.41, 5.74) is 1.52. The normalized spacial score (nSPS) is 11.4. The van der Waals surface area contributed by atoms with Crippen LogP contribution in [-0.4, -0.2) is 18.6 Å². The molecule has 0 aliphatic rings. The van der Waals surface area contributed by atoms with Crippen molar-refractivity contribution in [3.63, 3.8) is 0 Å². The summed E-state index contributed by atoms with van der Waals surface area (Å²) in [5, 5.41) is 3.75. The van der Waals surface area contributed by atoms with Gasteiger partial charge in [-0.2, -0.15) is 4.98 Å². The maximum absolute atomic E-state index is 12.5. The zero-order valence-corrected chi connectivity index (χ0v) is 14.5. The number of rotatable bonds is 6. The van der Waals surface area contributed by atoms with Crippen molar-refractivity contribution in [1.29, 1.82) is 0 Å². The molecule has 6 nitrogen and oxygen atoms in total. The first kappa shape index (κ1) is 16.5. The summed E-state index contributed by atoms with van der Waals surface area (Å²) in [4.78, 5) is 4.97. The van der Waals surface area contributed by atoms with E-state index in [-0.39, 0.29) is 4.90 Å². The Bertz CT molecular complexity index is 908. The number of aromatic nitrogens is 2. The molecule has 3 aromatic rings. The molecule has 1 heterocycles. The Labute approximate surface area is 144 Å². The minimum Gasteiger partial charge on any atom is -0.343 e. The van der Waals surface area contributed by atoms with Gasteiger partial charge in [0, 0.05) is 4.90 Å². The highest BCUT2D eigenvalue weighted by molar-refractivity contribution is 7.98. The molecule has 0 saturated carbocycles. The highest BCUT2D eigenvalue weighted by atomic mass is 32.2. The van der Waals surface area contributed by atoms with Gasteiger partial charge in [0.05, 0.1) is 16.3 Å². The molecule has 0 amide bonds. The van der Waals surface area contributed by atoms with Gasteiger partial charge in [0.25, 0.3) is 10.0 Å². The molecule has 0 radical (unpaired) electrons. The van der Waals surface area contributed by atoms with Crippen molar-refractivity contribution in [1.82, 2.24) is 10.1 Å². The summed E-state index contributed by atoms with van der Waals surface area (Å²) in [7, 11) is -3.64. The number of hydrogen-bond acceptors (Lipinski definition) is 6. The third-order valence-electron chi connectivity index (χ3n) is 3.23. The Morgan fingerprint density at radius 1 is 1.12 bits per heavy atom. The van der Waals surface area contributed by atoms with E-state index in [4.69, 9.17) is 4.52 Å². The van der Waals surface area contributed by atoms with Crippen LogP contribution in [0.1, 0.15) is 11.4 Å². The van der Waals surface area contributed by atoms with Gasteiger partial charge in [0.1, 0.15) is 0 Å². The third-order valence-corrected chi connectivity index (χ3v) is 5.68. The molecular weight excluding hydrogens is 346 g/mol. The Kier molecular flexibility index (Phi) is 4.86. The van der Waals surface area contributed by atoms with Crippen molar-refractivity contribution in [2.45, 2.75) is 22.5 Å². The van der Waals surface area contributed by atoms with Crippen LogP contribution in [0.4, 0.5) is 5.69 Å². The maximum atomic E-state index is 12.5. The molecule has 0 bridgehead atoms. The monoisotopic (exact) mass is 361 g/mol. The van der Waals surface area contributed by atoms with E-state index in [1.807, 2.05) is 19.1 Å². The fourth-order valence-electron chi connectivity index (χ4n) is 2.00. The SMILES string of the molecule is Cc1ccc(S(=O)(=O)Nc2ccccc2SCc2ncon2)cc1. The van der Waals surface area contributed by atoms with E-state index < -0.39 is 10.0 Å². The average molecular weight is 361 g/mol. The zero-order chi connectivity index (χ0) is 17.0. The highest BCUT2D eigenvalue weighted by Gasteiger charge is 2.16. The van der Waals surface area contributed by atoms with E-state index in [1.165, 1.54) is 18.2 Å². The second kappa shape index (κ2) is 7.06. The lowest BCUT2D eigenvalue weighted by atomic mass is 10.2. The predicted octanol–water partition coefficient (Wildman–Crippen LogP) is 3.47. The summed E-state index contributed by atoms with van der Waals surface area (Å²) in [6.45, 7) is 1.91. The summed E-state index contributed by atoms with van der Waals surface area (Å²) in [6.07, 6.45) is 1.27. The fraction of sp³-hybridized carbons (Fsp3) is 0.125. The molecule has 124 valence electrons. The molecule has 0 atom stereocenters. The summed E-state index contributed by atoms with van der Waals surface area (Å²) >= 11 is 1.43. The van der Waals surface area contributed by atoms with Crippen molar-refractivity contribution in [3.05, 3.63) is 66.3 Å². The lowest BCUT2D eigenvalue weighted by Gasteiger charge is -2.12. The number of nitrogens with zero attached hydrogens (tertiary/aromatic N) is 2. The molecule has 2 aromatic carbocycles. The van der Waals surface area contributed by atoms with Crippen LogP contribution >= 0.6 is 11.8 Å². The van der Waals surface area contributed by atoms with Crippen molar-refractivity contribution in [2.24, 2.45) is 0 Å². The van der Waals surface area contributed by atoms with Gasteiger partial charge in [0.2, 0.25) is 6.39 Å². The van der Waals surface area contributed by atoms with Gasteiger partial charge in [-0.15, -0.1) is 11.8 Å². The largest absolute Gasteiger partial charge is 0.343 e. The Hall–Kier alpha value is -2.32. The number of sulfonamides is 1. The van der Waals surface area contributed by atoms with Crippen LogP contribution in [0.25, 0.3) is 0 Å². The molecule has 0 fully saturated rings. The van der Waals surface area contributed by atoms with Crippen LogP contribution < -0.4 is 4.72 Å². The lowest BCUT2D eigenvalue weighted by molar-refractivity contribution is 0.412. The van der Waals surface area contributed by atoms with E-state index >= 15 is 0 Å². The molecule has 0 saturated heterocycles. The van der Waals surface area contributed by atoms with Crippen molar-refractivity contribution >= 4 is 27.5 Å². The van der Waals surface area contributed by atoms with E-state index in [9.17, 15) is 8.42 Å². The number of anilines is 1. The first-order valence-corrected chi connectivity index (χ1v) is 9.58. The molecule has 24 heavy (non-hydrogen) atoms. The summed E-state index contributed by atoms with van der Waals surface area (Å²) < 4.78 is 32.4. The predicted molar refractivity (Wildman–Crippen MR) is 92.3 cm³/mol. The topological polar surface area (TPSA) is 85.1 Å². The van der Waals surface area contributed by atoms with Crippen molar-refractivity contribution in [3.8, 4) is 0 Å². The van der Waals surface area contributed by atoms with E-state index in [0.717, 1.165) is 10.5 Å². The van der Waals surface area contributed by atoms with Crippen LogP contribution in [0.15, 0.2) is 69.2 Å². The second-order valence-electron chi connectivity index (χ2n) is 5.05. The van der Waals surface area contributed by atoms with Gasteiger partial charge in [-0.25, -0.2) is 8.42 Å². The van der Waals surface area contributed by atoms with Gasteiger partial charge < -0.3 is 4.52 Å². The standard InChI is InChI=1S/C16H15N3O3S2/c1-12-6-8-13(9-7-12)24(20,21)19-14-4-2-3-5-15(14)23-10-16-17-11-22-18-16/h2-9,11,19H,10H2,1H3. The molecular formula is C16H15N3O3S2. The summed E-state index contributed by atoms with van der Waals surface area (Å²) in [5.74, 6) is 1.04. The minimum atomic E-state index is -3.64. The van der Waals surface area contributed by atoms with Gasteiger partial charge in [-0.05, 0) is 31.2 Å². The van der Waals surface area contributed by atoms with Crippen LogP contribution in [-0.2, 0) is 15.8 Å². The Morgan fingerprint density at radius 3 is 2.58 bits per heavy atom. The van der Waals surface area contributed by atoms with Crippen LogP contribution in [0, 0.1) is 6.92 Å². The maximum Gasteiger partial charge on any atom is 0.261 e. The molecule has 0 aliphatic carbocycles. The van der Waals surface area contributed by atoms with Crippen LogP contribution in [0.5, 0.6) is 0 Å². The zero-order valence-electron chi connectivity index (χ0n) is 12.8. The fourth-order valence-corrected chi connectivity index (χ4v) is 4.00. The highest BCUT2D eigenvalue weighted by Crippen LogP contribution is 2.30. The molecule has 0 unspecified atom stereocenters. The Balaban J connectivity index is 1.80. The quantitative estimate of drug-likeness (QED) is 0.677. The first-order chi connectivity index (χ1) is 11.5. The Morgan fingerprint density at radius 2 is 1.88 bits per heavy atom. The lowest BCUT2D eigenvalue weighted by Crippen LogP contribution is -2.13. The van der Waals surface area contributed by atoms with Gasteiger partial charge in [-0.1, -0.05) is 35.0 Å². The number of thioether (sulfide) groups is 1. The van der Waals surface area contributed by atoms with Gasteiger partial charge in [0.15, 0.2) is 5.82 Å². The molecule has 1 N–H and O–H groups in total. The number of nitrogens with one attached hydrogen (secondary N) is 1. The van der Waals surface area contributed by atoms with E-state index in [2.05, 4.69) is 14.9 Å². The van der Waals surface area contributed by atoms with Gasteiger partial charge in [-0.3, -0.25) is 4.72 Å². The minimum absolute atomic E-state index is 0.228. The molecule has 8 heteroatoms. The molecule has 1 aromatic heterocycles. The number of benzene rings is 2. The molecule has 3 rings (SSSR count). The second-order valence-corrected chi connectivity index (χ2v) is 7.75. The van der Waals surface area contributed by atoms with Crippen molar-refractivity contribution < 1.29 is 12.9 Å². The molecule has 0 spiro atoms. The number of hydrogen-bond donors (Lipinski definition) is 1. The third kappa shape index (κ3) is 3.95. The smallest absolute Gasteiger partial charge is 0.261 e. The van der Waals surface area contributed by atoms with E-state index in [0.29, 0.717) is 17.3 Å². The van der Waals surface area contributed by atoms with Gasteiger partial charge >= 0.3 is 0 Å². The number of aryl methyl sites for hydroxylation is 1. The van der Waals surface area contributed by atoms with Crippen LogP contribution in [0.2, 0.25) is 0 Å². The first-order valence-electron chi connectivity index (χ1n) is 7.11. The number of para-hydroxylation sites is 1. The summed E-state index contributed by atoms with van der Waals surface area (Å²) in [6, 6.07) is 13.9. The van der Waals surface area contributed by atoms with Crippen molar-refractivity contribution in [2.75, 3.05) is 4.72 Å². The van der Waals surface area contributed by atoms with E-state index in [1.54, 1.807) is 36.4 Å². The van der Waals surface area contributed by atoms with Crippen LogP contribution in [0.3, 0.4) is 0 Å². The average Bonchev–Trinajstić information content (AvgIpc) is 3.07.